The maximum absolute atomic E-state index is 10.7. The average Bonchev–Trinajstić information content (AvgIpc) is 2.75. The highest BCUT2D eigenvalue weighted by atomic mass is 16.4. The molecule has 6 nitrogen and oxygen atoms in total. The van der Waals surface area contributed by atoms with Crippen LogP contribution in [0.25, 0.3) is 0 Å². The lowest BCUT2D eigenvalue weighted by Crippen LogP contribution is -2.38. The van der Waals surface area contributed by atoms with Crippen molar-refractivity contribution in [3.05, 3.63) is 0 Å². The molecule has 0 aromatic carbocycles. The van der Waals surface area contributed by atoms with Crippen molar-refractivity contribution in [2.75, 3.05) is 0 Å². The lowest BCUT2D eigenvalue weighted by molar-refractivity contribution is 0.0731. The molecule has 0 radical (unpaired) electrons. The number of hydrogen-bond donors (Lipinski definition) is 4. The van der Waals surface area contributed by atoms with E-state index in [4.69, 9.17) is 16.4 Å². The van der Waals surface area contributed by atoms with Gasteiger partial charge in [-0.05, 0) is 31.4 Å². The largest absolute Gasteiger partial charge is 0.411 e. The molecular formula is C16H30N4O2. The highest BCUT2D eigenvalue weighted by Crippen LogP contribution is 2.43. The number of aliphatic hydroxyl groups is 1. The number of aliphatic imine (C=N–C) groups is 1. The van der Waals surface area contributed by atoms with Crippen molar-refractivity contribution in [2.24, 2.45) is 39.6 Å². The Morgan fingerprint density at radius 1 is 1.41 bits per heavy atom. The minimum Gasteiger partial charge on any atom is -0.411 e. The van der Waals surface area contributed by atoms with E-state index in [0.717, 1.165) is 12.8 Å². The first-order valence-electron chi connectivity index (χ1n) is 8.16. The van der Waals surface area contributed by atoms with Gasteiger partial charge in [0.15, 0.2) is 0 Å². The molecule has 0 aromatic rings. The summed E-state index contributed by atoms with van der Waals surface area (Å²) in [6.07, 6.45) is 5.69. The van der Waals surface area contributed by atoms with Crippen molar-refractivity contribution < 1.29 is 10.3 Å². The third kappa shape index (κ3) is 4.29. The number of rotatable bonds is 8. The van der Waals surface area contributed by atoms with Crippen LogP contribution < -0.4 is 5.73 Å². The molecule has 1 unspecified atom stereocenters. The molecule has 6 heteroatoms. The van der Waals surface area contributed by atoms with E-state index in [1.54, 1.807) is 6.21 Å². The summed E-state index contributed by atoms with van der Waals surface area (Å²) in [5.74, 6) is 0.337. The molecule has 5 N–H and O–H groups in total. The van der Waals surface area contributed by atoms with E-state index in [0.29, 0.717) is 18.8 Å². The molecule has 5 atom stereocenters. The number of nitrogens with two attached hydrogens (primary N) is 1. The highest BCUT2D eigenvalue weighted by Gasteiger charge is 2.47. The Hall–Kier alpha value is -1.43. The van der Waals surface area contributed by atoms with Crippen molar-refractivity contribution in [1.82, 2.24) is 0 Å². The van der Waals surface area contributed by atoms with Crippen molar-refractivity contribution in [3.63, 3.8) is 0 Å². The second-order valence-electron chi connectivity index (χ2n) is 6.20. The molecule has 1 aliphatic carbocycles. The van der Waals surface area contributed by atoms with Crippen LogP contribution in [0.3, 0.4) is 0 Å². The average molecular weight is 310 g/mol. The first-order valence-corrected chi connectivity index (χ1v) is 8.16. The predicted molar refractivity (Wildman–Crippen MR) is 89.9 cm³/mol. The first kappa shape index (κ1) is 18.6. The van der Waals surface area contributed by atoms with Gasteiger partial charge < -0.3 is 16.0 Å². The zero-order valence-electron chi connectivity index (χ0n) is 13.8. The Morgan fingerprint density at radius 2 is 2.05 bits per heavy atom. The third-order valence-electron chi connectivity index (χ3n) is 4.94. The standard InChI is InChI=1S/C16H30N4O2/c1-4-10(5-2)15(19-6-3)14-11(8-13(17)18)7-12(9-20-22)16(14)21/h6,9-12,14-16,21-22H,4-5,7-8H2,1-3H3,(H3,17,18)/b19-6+,20-9+/t11-,12+,14+,15?,16+/m0/s1. The molecule has 22 heavy (non-hydrogen) atoms. The Kier molecular flexibility index (Phi) is 7.51. The van der Waals surface area contributed by atoms with Crippen molar-refractivity contribution in [2.45, 2.75) is 58.6 Å². The monoisotopic (exact) mass is 310 g/mol. The summed E-state index contributed by atoms with van der Waals surface area (Å²) >= 11 is 0. The van der Waals surface area contributed by atoms with Crippen molar-refractivity contribution >= 4 is 18.3 Å². The number of nitrogens with zero attached hydrogens (tertiary/aromatic N) is 2. The molecule has 1 fully saturated rings. The molecule has 0 amide bonds. The highest BCUT2D eigenvalue weighted by molar-refractivity contribution is 5.77. The number of hydrogen-bond acceptors (Lipinski definition) is 5. The van der Waals surface area contributed by atoms with E-state index in [1.165, 1.54) is 6.21 Å². The van der Waals surface area contributed by atoms with Gasteiger partial charge in [0.05, 0.1) is 18.0 Å². The van der Waals surface area contributed by atoms with Gasteiger partial charge in [0.1, 0.15) is 0 Å². The van der Waals surface area contributed by atoms with E-state index in [1.807, 2.05) is 6.92 Å². The van der Waals surface area contributed by atoms with Gasteiger partial charge in [-0.25, -0.2) is 0 Å². The summed E-state index contributed by atoms with van der Waals surface area (Å²) in [7, 11) is 0. The first-order chi connectivity index (χ1) is 10.5. The van der Waals surface area contributed by atoms with Gasteiger partial charge in [0.25, 0.3) is 0 Å². The summed E-state index contributed by atoms with van der Waals surface area (Å²) < 4.78 is 0. The lowest BCUT2D eigenvalue weighted by Gasteiger charge is -2.33. The zero-order valence-corrected chi connectivity index (χ0v) is 13.8. The molecule has 0 bridgehead atoms. The Balaban J connectivity index is 3.12. The molecule has 1 saturated carbocycles. The quantitative estimate of drug-likeness (QED) is 0.238. The van der Waals surface area contributed by atoms with Crippen LogP contribution in [0.15, 0.2) is 10.1 Å². The molecule has 0 aromatic heterocycles. The Labute approximate surface area is 133 Å². The van der Waals surface area contributed by atoms with Crippen LogP contribution in [-0.2, 0) is 0 Å². The van der Waals surface area contributed by atoms with Gasteiger partial charge in [0.2, 0.25) is 0 Å². The van der Waals surface area contributed by atoms with Crippen LogP contribution in [0.5, 0.6) is 0 Å². The SMILES string of the molecule is C/C=N/C(C(CC)CC)[C@H]1[C@H](CC(=N)N)C[C@H](/C=N/O)[C@H]1O. The molecule has 0 aliphatic heterocycles. The van der Waals surface area contributed by atoms with Crippen molar-refractivity contribution in [3.8, 4) is 0 Å². The summed E-state index contributed by atoms with van der Waals surface area (Å²) in [6, 6.07) is 0.0106. The number of amidine groups is 1. The van der Waals surface area contributed by atoms with E-state index in [9.17, 15) is 5.11 Å². The Morgan fingerprint density at radius 3 is 2.50 bits per heavy atom. The summed E-state index contributed by atoms with van der Waals surface area (Å²) in [5, 5.41) is 30.2. The normalized spacial score (nSPS) is 30.6. The van der Waals surface area contributed by atoms with E-state index in [2.05, 4.69) is 24.0 Å². The maximum atomic E-state index is 10.7. The third-order valence-corrected chi connectivity index (χ3v) is 4.94. The second kappa shape index (κ2) is 8.88. The van der Waals surface area contributed by atoms with Gasteiger partial charge in [-0.2, -0.15) is 0 Å². The topological polar surface area (TPSA) is 115 Å². The smallest absolute Gasteiger partial charge is 0.0908 e. The predicted octanol–water partition coefficient (Wildman–Crippen LogP) is 2.28. The molecule has 0 spiro atoms. The minimum atomic E-state index is -0.616. The van der Waals surface area contributed by atoms with Crippen LogP contribution >= 0.6 is 0 Å². The minimum absolute atomic E-state index is 0.0106. The molecule has 126 valence electrons. The number of oxime groups is 1. The van der Waals surface area contributed by atoms with E-state index >= 15 is 0 Å². The van der Waals surface area contributed by atoms with Crippen LogP contribution in [0, 0.1) is 29.1 Å². The molecule has 1 aliphatic rings. The van der Waals surface area contributed by atoms with Gasteiger partial charge in [-0.15, -0.1) is 5.16 Å². The summed E-state index contributed by atoms with van der Waals surface area (Å²) in [5.41, 5.74) is 5.59. The summed E-state index contributed by atoms with van der Waals surface area (Å²) in [4.78, 5) is 4.65. The second-order valence-corrected chi connectivity index (χ2v) is 6.20. The van der Waals surface area contributed by atoms with Gasteiger partial charge in [-0.3, -0.25) is 10.4 Å². The fourth-order valence-corrected chi connectivity index (χ4v) is 3.91. The number of nitrogens with one attached hydrogen (secondary N) is 1. The van der Waals surface area contributed by atoms with Crippen LogP contribution in [0.2, 0.25) is 0 Å². The van der Waals surface area contributed by atoms with Gasteiger partial charge in [-0.1, -0.05) is 26.7 Å². The van der Waals surface area contributed by atoms with Gasteiger partial charge in [0, 0.05) is 24.5 Å². The van der Waals surface area contributed by atoms with E-state index in [-0.39, 0.29) is 29.6 Å². The van der Waals surface area contributed by atoms with Crippen molar-refractivity contribution in [1.29, 1.82) is 5.41 Å². The summed E-state index contributed by atoms with van der Waals surface area (Å²) in [6.45, 7) is 6.17. The molecular weight excluding hydrogens is 280 g/mol. The fourth-order valence-electron chi connectivity index (χ4n) is 3.91. The van der Waals surface area contributed by atoms with Crippen LogP contribution in [-0.4, -0.2) is 40.7 Å². The lowest BCUT2D eigenvalue weighted by atomic mass is 9.77. The number of aliphatic hydroxyl groups excluding tert-OH is 1. The van der Waals surface area contributed by atoms with Crippen LogP contribution in [0.1, 0.15) is 46.5 Å². The van der Waals surface area contributed by atoms with Gasteiger partial charge >= 0.3 is 0 Å². The van der Waals surface area contributed by atoms with Crippen LogP contribution in [0.4, 0.5) is 0 Å². The molecule has 0 heterocycles. The fraction of sp³-hybridized carbons (Fsp3) is 0.812. The Bertz CT molecular complexity index is 407. The zero-order chi connectivity index (χ0) is 16.7. The molecule has 0 saturated heterocycles. The molecule has 1 rings (SSSR count). The maximum Gasteiger partial charge on any atom is 0.0908 e. The van der Waals surface area contributed by atoms with E-state index < -0.39 is 6.10 Å².